The fourth-order valence-electron chi connectivity index (χ4n) is 4.18. The number of ether oxygens (including phenoxy) is 1. The molecule has 7 heteroatoms. The van der Waals surface area contributed by atoms with Crippen molar-refractivity contribution in [1.29, 1.82) is 0 Å². The molecule has 1 aliphatic rings. The van der Waals surface area contributed by atoms with Gasteiger partial charge in [-0.3, -0.25) is 19.5 Å². The first-order chi connectivity index (χ1) is 16.3. The highest BCUT2D eigenvalue weighted by molar-refractivity contribution is 9.10. The van der Waals surface area contributed by atoms with Crippen molar-refractivity contribution in [3.8, 4) is 5.75 Å². The van der Waals surface area contributed by atoms with Crippen LogP contribution in [0.5, 0.6) is 5.75 Å². The van der Waals surface area contributed by atoms with E-state index < -0.39 is 17.7 Å². The van der Waals surface area contributed by atoms with Gasteiger partial charge >= 0.3 is 0 Å². The molecule has 6 nitrogen and oxygen atoms in total. The van der Waals surface area contributed by atoms with Crippen LogP contribution in [-0.4, -0.2) is 28.4 Å². The number of amides is 1. The number of nitrogens with zero attached hydrogens (tertiary/aromatic N) is 2. The van der Waals surface area contributed by atoms with Gasteiger partial charge in [0.05, 0.1) is 18.2 Å². The maximum Gasteiger partial charge on any atom is 0.300 e. The molecule has 1 atom stereocenters. The van der Waals surface area contributed by atoms with Crippen LogP contribution >= 0.6 is 15.9 Å². The van der Waals surface area contributed by atoms with Crippen molar-refractivity contribution in [2.75, 3.05) is 11.5 Å². The zero-order chi connectivity index (χ0) is 24.4. The molecule has 0 bridgehead atoms. The Morgan fingerprint density at radius 2 is 1.85 bits per heavy atom. The fourth-order valence-corrected chi connectivity index (χ4v) is 4.56. The second-order valence-corrected chi connectivity index (χ2v) is 9.19. The number of carbonyl (C=O) groups is 2. The van der Waals surface area contributed by atoms with Gasteiger partial charge in [0, 0.05) is 28.1 Å². The number of aliphatic hydroxyl groups excluding tert-OH is 1. The number of aromatic nitrogens is 1. The number of aliphatic hydroxyl groups is 1. The third kappa shape index (κ3) is 4.35. The summed E-state index contributed by atoms with van der Waals surface area (Å²) in [5.41, 5.74) is 2.62. The van der Waals surface area contributed by atoms with Gasteiger partial charge in [0.2, 0.25) is 0 Å². The Morgan fingerprint density at radius 3 is 2.50 bits per heavy atom. The number of pyridine rings is 1. The number of carbonyl (C=O) groups excluding carboxylic acids is 2. The van der Waals surface area contributed by atoms with Crippen LogP contribution in [0.15, 0.2) is 77.0 Å². The maximum absolute atomic E-state index is 13.3. The molecule has 1 saturated heterocycles. The van der Waals surface area contributed by atoms with E-state index in [1.165, 1.54) is 4.90 Å². The third-order valence-corrected chi connectivity index (χ3v) is 6.25. The molecule has 3 aromatic rings. The van der Waals surface area contributed by atoms with Crippen LogP contribution in [0.2, 0.25) is 0 Å². The van der Waals surface area contributed by atoms with Crippen molar-refractivity contribution in [1.82, 2.24) is 4.98 Å². The van der Waals surface area contributed by atoms with Crippen LogP contribution in [0, 0.1) is 0 Å². The third-order valence-electron chi connectivity index (χ3n) is 5.76. The smallest absolute Gasteiger partial charge is 0.300 e. The van der Waals surface area contributed by atoms with E-state index in [1.54, 1.807) is 54.9 Å². The predicted octanol–water partition coefficient (Wildman–Crippen LogP) is 5.99. The van der Waals surface area contributed by atoms with Crippen molar-refractivity contribution in [2.45, 2.75) is 32.7 Å². The molecule has 2 heterocycles. The molecule has 4 rings (SSSR count). The van der Waals surface area contributed by atoms with E-state index in [0.29, 0.717) is 23.4 Å². The molecular weight excluding hydrogens is 496 g/mol. The first-order valence-corrected chi connectivity index (χ1v) is 11.9. The van der Waals surface area contributed by atoms with Crippen LogP contribution in [0.4, 0.5) is 5.69 Å². The zero-order valence-electron chi connectivity index (χ0n) is 19.2. The topological polar surface area (TPSA) is 79.7 Å². The molecule has 0 aliphatic carbocycles. The first kappa shape index (κ1) is 23.7. The van der Waals surface area contributed by atoms with Crippen LogP contribution < -0.4 is 9.64 Å². The lowest BCUT2D eigenvalue weighted by atomic mass is 9.93. The number of halogens is 1. The molecular formula is C27H25BrN2O4. The van der Waals surface area contributed by atoms with E-state index in [4.69, 9.17) is 4.74 Å². The Hall–Kier alpha value is -3.45. The van der Waals surface area contributed by atoms with Gasteiger partial charge in [0.1, 0.15) is 11.5 Å². The van der Waals surface area contributed by atoms with E-state index in [9.17, 15) is 14.7 Å². The van der Waals surface area contributed by atoms with Gasteiger partial charge in [0.15, 0.2) is 0 Å². The molecule has 0 spiro atoms. The Balaban J connectivity index is 1.92. The van der Waals surface area contributed by atoms with E-state index in [1.807, 2.05) is 32.9 Å². The Kier molecular flexibility index (Phi) is 6.84. The monoisotopic (exact) mass is 520 g/mol. The summed E-state index contributed by atoms with van der Waals surface area (Å²) in [6, 6.07) is 15.2. The summed E-state index contributed by atoms with van der Waals surface area (Å²) < 4.78 is 6.51. The molecule has 34 heavy (non-hydrogen) atoms. The number of hydrogen-bond acceptors (Lipinski definition) is 5. The lowest BCUT2D eigenvalue weighted by Crippen LogP contribution is -2.29. The molecule has 2 aromatic carbocycles. The van der Waals surface area contributed by atoms with Gasteiger partial charge in [0.25, 0.3) is 11.7 Å². The van der Waals surface area contributed by atoms with Gasteiger partial charge in [-0.25, -0.2) is 0 Å². The van der Waals surface area contributed by atoms with E-state index in [-0.39, 0.29) is 17.3 Å². The predicted molar refractivity (Wildman–Crippen MR) is 135 cm³/mol. The van der Waals surface area contributed by atoms with Crippen molar-refractivity contribution < 1.29 is 19.4 Å². The summed E-state index contributed by atoms with van der Waals surface area (Å²) >= 11 is 3.44. The number of benzene rings is 2. The lowest BCUT2D eigenvalue weighted by molar-refractivity contribution is -0.132. The van der Waals surface area contributed by atoms with Crippen LogP contribution in [-0.2, 0) is 9.59 Å². The standard InChI is InChI=1S/C27H25BrN2O4/c1-4-34-22-9-8-18(14-21(22)16(2)3)25(31)23-24(17-10-12-29-13-11-17)30(27(33)26(23)32)20-7-5-6-19(28)15-20/h5-16,24,31H,4H2,1-3H3/b25-23-. The molecule has 1 N–H and O–H groups in total. The van der Waals surface area contributed by atoms with Gasteiger partial charge in [-0.2, -0.15) is 0 Å². The Labute approximate surface area is 207 Å². The molecule has 1 aromatic heterocycles. The van der Waals surface area contributed by atoms with Crippen LogP contribution in [0.1, 0.15) is 49.4 Å². The van der Waals surface area contributed by atoms with Crippen molar-refractivity contribution >= 4 is 39.1 Å². The van der Waals surface area contributed by atoms with Crippen molar-refractivity contribution in [3.63, 3.8) is 0 Å². The molecule has 1 amide bonds. The minimum absolute atomic E-state index is 0.0371. The normalized spacial score (nSPS) is 17.4. The average molecular weight is 521 g/mol. The minimum Gasteiger partial charge on any atom is -0.507 e. The summed E-state index contributed by atoms with van der Waals surface area (Å²) in [6.07, 6.45) is 3.20. The second-order valence-electron chi connectivity index (χ2n) is 8.27. The highest BCUT2D eigenvalue weighted by atomic mass is 79.9. The fraction of sp³-hybridized carbons (Fsp3) is 0.222. The second kappa shape index (κ2) is 9.81. The van der Waals surface area contributed by atoms with Crippen LogP contribution in [0.3, 0.4) is 0 Å². The number of rotatable bonds is 6. The Morgan fingerprint density at radius 1 is 1.12 bits per heavy atom. The van der Waals surface area contributed by atoms with Gasteiger partial charge in [-0.05, 0) is 72.5 Å². The van der Waals surface area contributed by atoms with Crippen LogP contribution in [0.25, 0.3) is 5.76 Å². The molecule has 1 fully saturated rings. The van der Waals surface area contributed by atoms with Gasteiger partial charge in [-0.1, -0.05) is 35.8 Å². The quantitative estimate of drug-likeness (QED) is 0.245. The number of hydrogen-bond donors (Lipinski definition) is 1. The first-order valence-electron chi connectivity index (χ1n) is 11.1. The largest absolute Gasteiger partial charge is 0.507 e. The molecule has 174 valence electrons. The highest BCUT2D eigenvalue weighted by Crippen LogP contribution is 2.43. The maximum atomic E-state index is 13.3. The summed E-state index contributed by atoms with van der Waals surface area (Å²) in [6.45, 7) is 6.50. The van der Waals surface area contributed by atoms with Gasteiger partial charge < -0.3 is 9.84 Å². The summed E-state index contributed by atoms with van der Waals surface area (Å²) in [7, 11) is 0. The SMILES string of the molecule is CCOc1ccc(/C(O)=C2/C(=O)C(=O)N(c3cccc(Br)c3)C2c2ccncc2)cc1C(C)C. The number of ketones is 1. The average Bonchev–Trinajstić information content (AvgIpc) is 3.10. The molecule has 1 aliphatic heterocycles. The van der Waals surface area contributed by atoms with E-state index in [2.05, 4.69) is 20.9 Å². The molecule has 0 saturated carbocycles. The summed E-state index contributed by atoms with van der Waals surface area (Å²) in [5, 5.41) is 11.4. The van der Waals surface area contributed by atoms with Crippen molar-refractivity contribution in [2.24, 2.45) is 0 Å². The summed E-state index contributed by atoms with van der Waals surface area (Å²) in [5.74, 6) is -0.790. The highest BCUT2D eigenvalue weighted by Gasteiger charge is 2.47. The number of Topliss-reactive ketones (excluding diaryl/α,β-unsaturated/α-hetero) is 1. The summed E-state index contributed by atoms with van der Waals surface area (Å²) in [4.78, 5) is 32.0. The Bertz CT molecular complexity index is 1270. The van der Waals surface area contributed by atoms with Gasteiger partial charge in [-0.15, -0.1) is 0 Å². The molecule has 1 unspecified atom stereocenters. The molecule has 0 radical (unpaired) electrons. The minimum atomic E-state index is -0.800. The van der Waals surface area contributed by atoms with Crippen molar-refractivity contribution in [3.05, 3.63) is 93.7 Å². The van der Waals surface area contributed by atoms with E-state index in [0.717, 1.165) is 15.8 Å². The number of anilines is 1. The zero-order valence-corrected chi connectivity index (χ0v) is 20.7. The van der Waals surface area contributed by atoms with E-state index >= 15 is 0 Å². The lowest BCUT2D eigenvalue weighted by Gasteiger charge is -2.25.